The Morgan fingerprint density at radius 2 is 1.79 bits per heavy atom. The topological polar surface area (TPSA) is 94.9 Å². The third-order valence-electron chi connectivity index (χ3n) is 8.08. The SMILES string of the molecule is CCOC(=O)c1cn(C2CC2)c2c(OC(F)F)c(-c3ccc4c(c3)CN(S(=O)(=O)c3ccc(C)cc3)C4C)ccc2c1=O. The van der Waals surface area contributed by atoms with Crippen LogP contribution in [0.1, 0.15) is 65.8 Å². The molecule has 1 aromatic heterocycles. The van der Waals surface area contributed by atoms with Crippen LogP contribution in [0.25, 0.3) is 22.0 Å². The summed E-state index contributed by atoms with van der Waals surface area (Å²) in [6.07, 6.45) is 2.88. The van der Waals surface area contributed by atoms with E-state index in [9.17, 15) is 26.8 Å². The second kappa shape index (κ2) is 10.9. The third-order valence-corrected chi connectivity index (χ3v) is 10.0. The number of aryl methyl sites for hydroxylation is 1. The van der Waals surface area contributed by atoms with E-state index in [0.717, 1.165) is 29.5 Å². The number of esters is 1. The summed E-state index contributed by atoms with van der Waals surface area (Å²) < 4.78 is 68.0. The number of carbonyl (C=O) groups excluding carboxylic acids is 1. The van der Waals surface area contributed by atoms with Gasteiger partial charge in [-0.25, -0.2) is 13.2 Å². The molecule has 2 heterocycles. The lowest BCUT2D eigenvalue weighted by Crippen LogP contribution is -2.28. The molecule has 8 nitrogen and oxygen atoms in total. The summed E-state index contributed by atoms with van der Waals surface area (Å²) in [6, 6.07) is 14.5. The molecule has 1 atom stereocenters. The lowest BCUT2D eigenvalue weighted by atomic mass is 9.96. The first-order valence-corrected chi connectivity index (χ1v) is 15.5. The summed E-state index contributed by atoms with van der Waals surface area (Å²) in [6.45, 7) is 2.34. The second-order valence-corrected chi connectivity index (χ2v) is 12.8. The molecule has 43 heavy (non-hydrogen) atoms. The number of halogens is 2. The summed E-state index contributed by atoms with van der Waals surface area (Å²) in [4.78, 5) is 26.1. The van der Waals surface area contributed by atoms with Crippen LogP contribution < -0.4 is 10.2 Å². The summed E-state index contributed by atoms with van der Waals surface area (Å²) in [5.74, 6) is -0.955. The maximum absolute atomic E-state index is 13.9. The molecule has 3 aromatic carbocycles. The maximum Gasteiger partial charge on any atom is 0.387 e. The molecule has 0 bridgehead atoms. The number of nitrogens with zero attached hydrogens (tertiary/aromatic N) is 2. The van der Waals surface area contributed by atoms with Gasteiger partial charge in [-0.3, -0.25) is 4.79 Å². The normalized spacial score (nSPS) is 16.9. The summed E-state index contributed by atoms with van der Waals surface area (Å²) in [5.41, 5.74) is 2.72. The van der Waals surface area contributed by atoms with E-state index < -0.39 is 34.1 Å². The molecule has 224 valence electrons. The second-order valence-electron chi connectivity index (χ2n) is 10.9. The van der Waals surface area contributed by atoms with Gasteiger partial charge in [-0.2, -0.15) is 13.1 Å². The molecule has 1 fully saturated rings. The quantitative estimate of drug-likeness (QED) is 0.216. The average Bonchev–Trinajstić information content (AvgIpc) is 3.76. The number of aromatic nitrogens is 1. The molecule has 11 heteroatoms. The van der Waals surface area contributed by atoms with Crippen molar-refractivity contribution in [3.8, 4) is 16.9 Å². The molecule has 0 spiro atoms. The number of hydrogen-bond acceptors (Lipinski definition) is 6. The molecule has 1 aliphatic heterocycles. The Balaban J connectivity index is 1.47. The number of benzene rings is 3. The number of fused-ring (bicyclic) bond motifs is 2. The van der Waals surface area contributed by atoms with Crippen molar-refractivity contribution >= 4 is 26.9 Å². The van der Waals surface area contributed by atoms with Crippen LogP contribution in [0.2, 0.25) is 0 Å². The molecular formula is C32H30F2N2O6S. The van der Waals surface area contributed by atoms with Crippen LogP contribution in [0.15, 0.2) is 70.5 Å². The molecule has 0 saturated heterocycles. The smallest absolute Gasteiger partial charge is 0.387 e. The van der Waals surface area contributed by atoms with Crippen molar-refractivity contribution < 1.29 is 31.5 Å². The molecule has 6 rings (SSSR count). The van der Waals surface area contributed by atoms with Gasteiger partial charge in [-0.05, 0) is 80.6 Å². The van der Waals surface area contributed by atoms with E-state index in [2.05, 4.69) is 0 Å². The van der Waals surface area contributed by atoms with Crippen LogP contribution in [0.4, 0.5) is 8.78 Å². The van der Waals surface area contributed by atoms with Crippen molar-refractivity contribution in [2.24, 2.45) is 0 Å². The Labute approximate surface area is 247 Å². The number of hydrogen-bond donors (Lipinski definition) is 0. The van der Waals surface area contributed by atoms with Crippen LogP contribution in [0.3, 0.4) is 0 Å². The van der Waals surface area contributed by atoms with Crippen molar-refractivity contribution in [1.82, 2.24) is 8.87 Å². The maximum atomic E-state index is 13.9. The third kappa shape index (κ3) is 5.10. The van der Waals surface area contributed by atoms with Gasteiger partial charge in [0.05, 0.1) is 22.4 Å². The highest BCUT2D eigenvalue weighted by atomic mass is 32.2. The Morgan fingerprint density at radius 1 is 1.07 bits per heavy atom. The van der Waals surface area contributed by atoms with Crippen LogP contribution in [-0.4, -0.2) is 36.5 Å². The van der Waals surface area contributed by atoms with E-state index in [0.29, 0.717) is 11.1 Å². The van der Waals surface area contributed by atoms with Crippen molar-refractivity contribution in [2.45, 2.75) is 63.7 Å². The van der Waals surface area contributed by atoms with Crippen LogP contribution in [0, 0.1) is 6.92 Å². The fraction of sp³-hybridized carbons (Fsp3) is 0.312. The molecule has 0 N–H and O–H groups in total. The fourth-order valence-corrected chi connectivity index (χ4v) is 7.35. The van der Waals surface area contributed by atoms with Gasteiger partial charge in [0.25, 0.3) is 0 Å². The number of alkyl halides is 2. The molecule has 1 saturated carbocycles. The minimum atomic E-state index is -3.80. The van der Waals surface area contributed by atoms with E-state index in [1.165, 1.54) is 22.6 Å². The lowest BCUT2D eigenvalue weighted by molar-refractivity contribution is -0.0486. The minimum Gasteiger partial charge on any atom is -0.462 e. The first kappa shape index (κ1) is 29.0. The first-order valence-electron chi connectivity index (χ1n) is 14.1. The number of carbonyl (C=O) groups is 1. The molecule has 0 radical (unpaired) electrons. The van der Waals surface area contributed by atoms with E-state index in [1.807, 2.05) is 13.8 Å². The molecular weight excluding hydrogens is 578 g/mol. The zero-order chi connectivity index (χ0) is 30.6. The van der Waals surface area contributed by atoms with Crippen molar-refractivity contribution in [3.63, 3.8) is 0 Å². The molecule has 0 amide bonds. The largest absolute Gasteiger partial charge is 0.462 e. The molecule has 1 unspecified atom stereocenters. The predicted octanol–water partition coefficient (Wildman–Crippen LogP) is 6.36. The van der Waals surface area contributed by atoms with E-state index >= 15 is 0 Å². The monoisotopic (exact) mass is 608 g/mol. The Kier molecular flexibility index (Phi) is 7.34. The fourth-order valence-electron chi connectivity index (χ4n) is 5.77. The van der Waals surface area contributed by atoms with E-state index in [4.69, 9.17) is 9.47 Å². The molecule has 2 aliphatic rings. The van der Waals surface area contributed by atoms with Crippen LogP contribution >= 0.6 is 0 Å². The van der Waals surface area contributed by atoms with E-state index in [-0.39, 0.29) is 46.3 Å². The van der Waals surface area contributed by atoms with Crippen LogP contribution in [0.5, 0.6) is 5.75 Å². The van der Waals surface area contributed by atoms with Gasteiger partial charge in [-0.1, -0.05) is 29.8 Å². The molecule has 1 aliphatic carbocycles. The summed E-state index contributed by atoms with van der Waals surface area (Å²) in [7, 11) is -3.80. The highest BCUT2D eigenvalue weighted by Crippen LogP contribution is 2.45. The zero-order valence-electron chi connectivity index (χ0n) is 23.8. The number of ether oxygens (including phenoxy) is 2. The highest BCUT2D eigenvalue weighted by molar-refractivity contribution is 7.89. The highest BCUT2D eigenvalue weighted by Gasteiger charge is 2.37. The van der Waals surface area contributed by atoms with Gasteiger partial charge < -0.3 is 14.0 Å². The standard InChI is InChI=1S/C32H30F2N2O6S/c1-4-41-31(38)27-17-35(22-8-9-22)28-26(29(27)37)14-13-25(30(28)42-32(33)34)20-7-12-24-19(3)36(16-21(24)15-20)43(39,40)23-10-5-18(2)6-11-23/h5-7,10-15,17,19,22,32H,4,8-9,16H2,1-3H3. The van der Waals surface area contributed by atoms with Gasteiger partial charge in [0, 0.05) is 30.4 Å². The lowest BCUT2D eigenvalue weighted by Gasteiger charge is -2.21. The average molecular weight is 609 g/mol. The van der Waals surface area contributed by atoms with Crippen molar-refractivity contribution in [2.75, 3.05) is 6.61 Å². The van der Waals surface area contributed by atoms with E-state index in [1.54, 1.807) is 54.0 Å². The number of sulfonamides is 1. The number of pyridine rings is 1. The zero-order valence-corrected chi connectivity index (χ0v) is 24.7. The Morgan fingerprint density at radius 3 is 2.44 bits per heavy atom. The minimum absolute atomic E-state index is 0.0713. The van der Waals surface area contributed by atoms with Gasteiger partial charge in [0.1, 0.15) is 5.56 Å². The predicted molar refractivity (Wildman–Crippen MR) is 157 cm³/mol. The Bertz CT molecular complexity index is 1920. The van der Waals surface area contributed by atoms with Gasteiger partial charge in [0.15, 0.2) is 5.75 Å². The van der Waals surface area contributed by atoms with Gasteiger partial charge >= 0.3 is 12.6 Å². The number of rotatable bonds is 8. The van der Waals surface area contributed by atoms with Gasteiger partial charge in [0.2, 0.25) is 15.5 Å². The Hall–Kier alpha value is -4.09. The van der Waals surface area contributed by atoms with Crippen molar-refractivity contribution in [1.29, 1.82) is 0 Å². The van der Waals surface area contributed by atoms with Crippen LogP contribution in [-0.2, 0) is 21.3 Å². The first-order chi connectivity index (χ1) is 20.5. The summed E-state index contributed by atoms with van der Waals surface area (Å²) >= 11 is 0. The van der Waals surface area contributed by atoms with Gasteiger partial charge in [-0.15, -0.1) is 0 Å². The van der Waals surface area contributed by atoms with Crippen molar-refractivity contribution in [3.05, 3.63) is 93.3 Å². The summed E-state index contributed by atoms with van der Waals surface area (Å²) in [5, 5.41) is 0.0713. The molecule has 4 aromatic rings.